The van der Waals surface area contributed by atoms with Crippen LogP contribution in [0.2, 0.25) is 0 Å². The molecule has 0 bridgehead atoms. The maximum atomic E-state index is 12.0. The van der Waals surface area contributed by atoms with Crippen LogP contribution in [0.1, 0.15) is 86.0 Å². The highest BCUT2D eigenvalue weighted by molar-refractivity contribution is 5.74. The first kappa shape index (κ1) is 31.9. The van der Waals surface area contributed by atoms with Crippen LogP contribution in [-0.4, -0.2) is 52.5 Å². The first-order valence-electron chi connectivity index (χ1n) is 13.9. The molecule has 5 atom stereocenters. The third-order valence-corrected chi connectivity index (χ3v) is 8.62. The molecule has 0 amide bonds. The van der Waals surface area contributed by atoms with Crippen LogP contribution >= 0.6 is 0 Å². The number of hydrogen-bond donors (Lipinski definition) is 3. The van der Waals surface area contributed by atoms with Crippen LogP contribution in [0, 0.1) is 17.3 Å². The summed E-state index contributed by atoms with van der Waals surface area (Å²) in [6.45, 7) is 13.3. The van der Waals surface area contributed by atoms with Gasteiger partial charge in [0.05, 0.1) is 11.7 Å². The SMILES string of the molecule is C=C(/C=C/C=C(\COC(C)=O)[C@@H]1CC[C@]2([C@H](CCCO)/C(=C(\C)C=O)CC[C@]2(C)O)[C@@H]1O)CCC=C(C)C. The van der Waals surface area contributed by atoms with Crippen molar-refractivity contribution in [2.75, 3.05) is 13.2 Å². The first-order valence-corrected chi connectivity index (χ1v) is 13.9. The van der Waals surface area contributed by atoms with Gasteiger partial charge in [0, 0.05) is 24.9 Å². The van der Waals surface area contributed by atoms with Crippen LogP contribution in [0.4, 0.5) is 0 Å². The molecule has 0 saturated heterocycles. The number of allylic oxidation sites excluding steroid dienone is 8. The number of aliphatic hydroxyl groups is 3. The van der Waals surface area contributed by atoms with Crippen LogP contribution in [0.25, 0.3) is 0 Å². The molecule has 0 unspecified atom stereocenters. The number of aliphatic hydroxyl groups excluding tert-OH is 2. The number of carbonyl (C=O) groups excluding carboxylic acids is 2. The molecule has 2 aliphatic carbocycles. The topological polar surface area (TPSA) is 104 Å². The zero-order valence-corrected chi connectivity index (χ0v) is 24.0. The average molecular weight is 529 g/mol. The Bertz CT molecular complexity index is 978. The minimum atomic E-state index is -1.16. The molecule has 212 valence electrons. The zero-order valence-electron chi connectivity index (χ0n) is 24.0. The van der Waals surface area contributed by atoms with Gasteiger partial charge in [-0.15, -0.1) is 0 Å². The van der Waals surface area contributed by atoms with Gasteiger partial charge >= 0.3 is 5.97 Å². The van der Waals surface area contributed by atoms with Crippen molar-refractivity contribution in [3.05, 3.63) is 58.7 Å². The normalized spacial score (nSPS) is 30.9. The van der Waals surface area contributed by atoms with Crippen LogP contribution < -0.4 is 0 Å². The largest absolute Gasteiger partial charge is 0.461 e. The average Bonchev–Trinajstić information content (AvgIpc) is 3.19. The van der Waals surface area contributed by atoms with Crippen molar-refractivity contribution in [1.29, 1.82) is 0 Å². The Morgan fingerprint density at radius 3 is 2.53 bits per heavy atom. The molecule has 0 heterocycles. The van der Waals surface area contributed by atoms with E-state index >= 15 is 0 Å². The van der Waals surface area contributed by atoms with Crippen molar-refractivity contribution in [3.8, 4) is 0 Å². The molecule has 2 rings (SSSR count). The summed E-state index contributed by atoms with van der Waals surface area (Å²) in [6.07, 6.45) is 12.9. The van der Waals surface area contributed by atoms with Gasteiger partial charge in [0.2, 0.25) is 0 Å². The van der Waals surface area contributed by atoms with Crippen LogP contribution in [0.3, 0.4) is 0 Å². The highest BCUT2D eigenvalue weighted by Crippen LogP contribution is 2.62. The Labute approximate surface area is 228 Å². The number of aldehydes is 1. The maximum Gasteiger partial charge on any atom is 0.302 e. The van der Waals surface area contributed by atoms with Crippen molar-refractivity contribution >= 4 is 12.3 Å². The molecule has 38 heavy (non-hydrogen) atoms. The molecule has 2 aliphatic rings. The highest BCUT2D eigenvalue weighted by atomic mass is 16.5. The molecule has 2 saturated carbocycles. The number of hydrogen-bond acceptors (Lipinski definition) is 6. The molecule has 0 aromatic rings. The number of ether oxygens (including phenoxy) is 1. The second kappa shape index (κ2) is 14.2. The molecular formula is C32H48O6. The molecule has 6 heteroatoms. The summed E-state index contributed by atoms with van der Waals surface area (Å²) in [5, 5.41) is 33.4. The number of esters is 1. The molecule has 2 fully saturated rings. The summed E-state index contributed by atoms with van der Waals surface area (Å²) in [5.41, 5.74) is 2.62. The van der Waals surface area contributed by atoms with Gasteiger partial charge in [-0.2, -0.15) is 0 Å². The van der Waals surface area contributed by atoms with E-state index in [1.54, 1.807) is 13.8 Å². The Morgan fingerprint density at radius 1 is 1.21 bits per heavy atom. The molecule has 0 radical (unpaired) electrons. The van der Waals surface area contributed by atoms with E-state index in [9.17, 15) is 24.9 Å². The number of rotatable bonds is 12. The van der Waals surface area contributed by atoms with E-state index in [1.807, 2.05) is 18.2 Å². The van der Waals surface area contributed by atoms with Crippen LogP contribution in [0.15, 0.2) is 58.7 Å². The lowest BCUT2D eigenvalue weighted by atomic mass is 9.52. The second-order valence-corrected chi connectivity index (χ2v) is 11.5. The Balaban J connectivity index is 2.44. The van der Waals surface area contributed by atoms with Gasteiger partial charge in [-0.3, -0.25) is 9.59 Å². The van der Waals surface area contributed by atoms with Crippen molar-refractivity contribution in [2.45, 2.75) is 97.7 Å². The van der Waals surface area contributed by atoms with E-state index in [-0.39, 0.29) is 25.0 Å². The van der Waals surface area contributed by atoms with E-state index in [2.05, 4.69) is 26.5 Å². The van der Waals surface area contributed by atoms with Gasteiger partial charge in [0.15, 0.2) is 0 Å². The minimum Gasteiger partial charge on any atom is -0.461 e. The molecule has 0 aliphatic heterocycles. The van der Waals surface area contributed by atoms with E-state index in [1.165, 1.54) is 12.5 Å². The predicted octanol–water partition coefficient (Wildman–Crippen LogP) is 5.54. The molecule has 0 aromatic carbocycles. The predicted molar refractivity (Wildman–Crippen MR) is 151 cm³/mol. The van der Waals surface area contributed by atoms with E-state index in [0.29, 0.717) is 44.1 Å². The van der Waals surface area contributed by atoms with Gasteiger partial charge in [-0.1, -0.05) is 47.6 Å². The lowest BCUT2D eigenvalue weighted by Crippen LogP contribution is -2.59. The van der Waals surface area contributed by atoms with Crippen molar-refractivity contribution in [3.63, 3.8) is 0 Å². The minimum absolute atomic E-state index is 0.00155. The monoisotopic (exact) mass is 528 g/mol. The van der Waals surface area contributed by atoms with Crippen LogP contribution in [0.5, 0.6) is 0 Å². The quantitative estimate of drug-likeness (QED) is 0.101. The standard InChI is InChI=1S/C32H48O6/c1-22(2)10-7-11-23(3)12-8-13-26(21-38-25(5)35)28-16-18-32(30(28)36)29(14-9-19-33)27(24(4)20-34)15-17-31(32,6)37/h8,10,12-13,20,28-30,33,36-37H,3,7,9,11,14-19,21H2,1-2,4-6H3/b12-8+,26-13+,27-24+/t28-,29+,30+,31-,32-/m0/s1. The Hall–Kier alpha value is -2.28. The van der Waals surface area contributed by atoms with Crippen molar-refractivity contribution in [2.24, 2.45) is 17.3 Å². The summed E-state index contributed by atoms with van der Waals surface area (Å²) in [7, 11) is 0. The molecular weight excluding hydrogens is 480 g/mol. The van der Waals surface area contributed by atoms with E-state index < -0.39 is 23.1 Å². The second-order valence-electron chi connectivity index (χ2n) is 11.5. The number of carbonyl (C=O) groups is 2. The maximum absolute atomic E-state index is 12.0. The van der Waals surface area contributed by atoms with Gasteiger partial charge in [0.1, 0.15) is 12.9 Å². The molecule has 3 N–H and O–H groups in total. The Morgan fingerprint density at radius 2 is 1.92 bits per heavy atom. The third-order valence-electron chi connectivity index (χ3n) is 8.62. The summed E-state index contributed by atoms with van der Waals surface area (Å²) >= 11 is 0. The summed E-state index contributed by atoms with van der Waals surface area (Å²) in [5.74, 6) is -0.952. The van der Waals surface area contributed by atoms with Crippen molar-refractivity contribution in [1.82, 2.24) is 0 Å². The first-order chi connectivity index (χ1) is 17.9. The van der Waals surface area contributed by atoms with E-state index in [4.69, 9.17) is 4.74 Å². The van der Waals surface area contributed by atoms with Gasteiger partial charge in [-0.25, -0.2) is 0 Å². The molecule has 6 nitrogen and oxygen atoms in total. The lowest BCUT2D eigenvalue weighted by molar-refractivity contribution is -0.168. The smallest absolute Gasteiger partial charge is 0.302 e. The highest BCUT2D eigenvalue weighted by Gasteiger charge is 2.64. The van der Waals surface area contributed by atoms with E-state index in [0.717, 1.165) is 35.8 Å². The van der Waals surface area contributed by atoms with Gasteiger partial charge < -0.3 is 20.1 Å². The summed E-state index contributed by atoms with van der Waals surface area (Å²) < 4.78 is 5.38. The van der Waals surface area contributed by atoms with Gasteiger partial charge in [0.25, 0.3) is 0 Å². The molecule has 1 spiro atoms. The Kier molecular flexibility index (Phi) is 11.9. The summed E-state index contributed by atoms with van der Waals surface area (Å²) in [6, 6.07) is 0. The fourth-order valence-electron chi connectivity index (χ4n) is 6.56. The van der Waals surface area contributed by atoms with Crippen LogP contribution in [-0.2, 0) is 14.3 Å². The van der Waals surface area contributed by atoms with Crippen molar-refractivity contribution < 1.29 is 29.6 Å². The molecule has 0 aromatic heterocycles. The van der Waals surface area contributed by atoms with Gasteiger partial charge in [-0.05, 0) is 96.1 Å². The fourth-order valence-corrected chi connectivity index (χ4v) is 6.56. The third kappa shape index (κ3) is 7.43. The fraction of sp³-hybridized carbons (Fsp3) is 0.625. The zero-order chi connectivity index (χ0) is 28.5. The lowest BCUT2D eigenvalue weighted by Gasteiger charge is -2.55. The summed E-state index contributed by atoms with van der Waals surface area (Å²) in [4.78, 5) is 23.4.